The third-order valence-corrected chi connectivity index (χ3v) is 5.44. The van der Waals surface area contributed by atoms with E-state index in [2.05, 4.69) is 19.9 Å². The van der Waals surface area contributed by atoms with Gasteiger partial charge in [-0.1, -0.05) is 19.9 Å². The summed E-state index contributed by atoms with van der Waals surface area (Å²) in [6.07, 6.45) is 5.94. The number of allylic oxidation sites excluding steroid dienone is 2. The Morgan fingerprint density at radius 3 is 2.68 bits per heavy atom. The highest BCUT2D eigenvalue weighted by Gasteiger charge is 2.44. The van der Waals surface area contributed by atoms with Crippen molar-refractivity contribution in [1.29, 1.82) is 0 Å². The van der Waals surface area contributed by atoms with E-state index in [1.807, 2.05) is 19.1 Å². The van der Waals surface area contributed by atoms with Crippen LogP contribution in [-0.2, 0) is 16.6 Å². The van der Waals surface area contributed by atoms with E-state index in [1.54, 1.807) is 14.2 Å². The van der Waals surface area contributed by atoms with Gasteiger partial charge in [-0.2, -0.15) is 0 Å². The van der Waals surface area contributed by atoms with Crippen LogP contribution in [-0.4, -0.2) is 19.3 Å². The molecule has 0 spiro atoms. The van der Waals surface area contributed by atoms with Crippen LogP contribution >= 0.6 is 0 Å². The first-order valence-corrected chi connectivity index (χ1v) is 8.12. The Balaban J connectivity index is 2.64. The van der Waals surface area contributed by atoms with Crippen LogP contribution in [0.3, 0.4) is 0 Å². The summed E-state index contributed by atoms with van der Waals surface area (Å²) in [4.78, 5) is 0. The molecule has 0 aromatic heterocycles. The summed E-state index contributed by atoms with van der Waals surface area (Å²) in [6, 6.07) is 3.98. The first kappa shape index (κ1) is 16.7. The number of benzene rings is 1. The van der Waals surface area contributed by atoms with Gasteiger partial charge in [0.2, 0.25) is 0 Å². The SMILES string of the molecule is C/C=C(\C[C@]1(CC)c2c(ccc(OC)c2O)CCC1C)OC. The largest absolute Gasteiger partial charge is 0.504 e. The number of fused-ring (bicyclic) bond motifs is 1. The lowest BCUT2D eigenvalue weighted by Gasteiger charge is -2.44. The summed E-state index contributed by atoms with van der Waals surface area (Å²) in [7, 11) is 3.33. The zero-order chi connectivity index (χ0) is 16.3. The second-order valence-corrected chi connectivity index (χ2v) is 6.24. The maximum Gasteiger partial charge on any atom is 0.161 e. The highest BCUT2D eigenvalue weighted by atomic mass is 16.5. The molecule has 1 aliphatic rings. The predicted octanol–water partition coefficient (Wildman–Crippen LogP) is 4.57. The minimum Gasteiger partial charge on any atom is -0.504 e. The second-order valence-electron chi connectivity index (χ2n) is 6.24. The van der Waals surface area contributed by atoms with Crippen LogP contribution in [0.4, 0.5) is 0 Å². The van der Waals surface area contributed by atoms with Gasteiger partial charge in [0.15, 0.2) is 11.5 Å². The molecule has 0 radical (unpaired) electrons. The van der Waals surface area contributed by atoms with Crippen molar-refractivity contribution in [3.05, 3.63) is 35.1 Å². The topological polar surface area (TPSA) is 38.7 Å². The van der Waals surface area contributed by atoms with Crippen LogP contribution < -0.4 is 4.74 Å². The molecular formula is C19H28O3. The van der Waals surface area contributed by atoms with Crippen molar-refractivity contribution in [2.24, 2.45) is 5.92 Å². The van der Waals surface area contributed by atoms with E-state index in [9.17, 15) is 5.11 Å². The minimum atomic E-state index is -0.107. The van der Waals surface area contributed by atoms with E-state index in [0.29, 0.717) is 17.4 Å². The molecule has 122 valence electrons. The first-order chi connectivity index (χ1) is 10.5. The van der Waals surface area contributed by atoms with Gasteiger partial charge in [0.05, 0.1) is 20.0 Å². The van der Waals surface area contributed by atoms with E-state index in [-0.39, 0.29) is 5.41 Å². The normalized spacial score (nSPS) is 24.8. The number of hydrogen-bond acceptors (Lipinski definition) is 3. The van der Waals surface area contributed by atoms with Crippen LogP contribution in [0.15, 0.2) is 24.0 Å². The van der Waals surface area contributed by atoms with E-state index >= 15 is 0 Å². The minimum absolute atomic E-state index is 0.107. The molecule has 0 saturated carbocycles. The van der Waals surface area contributed by atoms with Gasteiger partial charge >= 0.3 is 0 Å². The average Bonchev–Trinajstić information content (AvgIpc) is 2.54. The molecule has 0 amide bonds. The molecule has 0 aliphatic heterocycles. The van der Waals surface area contributed by atoms with Crippen molar-refractivity contribution in [2.75, 3.05) is 14.2 Å². The molecule has 2 atom stereocenters. The molecule has 1 aromatic carbocycles. The van der Waals surface area contributed by atoms with Crippen molar-refractivity contribution in [1.82, 2.24) is 0 Å². The summed E-state index contributed by atoms with van der Waals surface area (Å²) in [5, 5.41) is 10.8. The molecule has 3 heteroatoms. The maximum atomic E-state index is 10.8. The van der Waals surface area contributed by atoms with Crippen molar-refractivity contribution >= 4 is 0 Å². The lowest BCUT2D eigenvalue weighted by Crippen LogP contribution is -2.38. The second kappa shape index (κ2) is 6.64. The lowest BCUT2D eigenvalue weighted by molar-refractivity contribution is 0.181. The zero-order valence-corrected chi connectivity index (χ0v) is 14.4. The van der Waals surface area contributed by atoms with Gasteiger partial charge in [-0.3, -0.25) is 0 Å². The highest BCUT2D eigenvalue weighted by Crippen LogP contribution is 2.53. The number of aromatic hydroxyl groups is 1. The predicted molar refractivity (Wildman–Crippen MR) is 89.5 cm³/mol. The third-order valence-electron chi connectivity index (χ3n) is 5.44. The monoisotopic (exact) mass is 304 g/mol. The quantitative estimate of drug-likeness (QED) is 0.810. The molecule has 1 aliphatic carbocycles. The van der Waals surface area contributed by atoms with Crippen molar-refractivity contribution < 1.29 is 14.6 Å². The fraction of sp³-hybridized carbons (Fsp3) is 0.579. The van der Waals surface area contributed by atoms with E-state index < -0.39 is 0 Å². The fourth-order valence-electron chi connectivity index (χ4n) is 3.95. The molecule has 0 saturated heterocycles. The maximum absolute atomic E-state index is 10.8. The Labute approximate surface area is 134 Å². The van der Waals surface area contributed by atoms with Gasteiger partial charge in [-0.25, -0.2) is 0 Å². The number of ether oxygens (including phenoxy) is 2. The molecule has 3 nitrogen and oxygen atoms in total. The van der Waals surface area contributed by atoms with Gasteiger partial charge in [0, 0.05) is 17.4 Å². The molecule has 0 heterocycles. The van der Waals surface area contributed by atoms with Gasteiger partial charge in [0.25, 0.3) is 0 Å². The van der Waals surface area contributed by atoms with Crippen LogP contribution in [0, 0.1) is 5.92 Å². The number of aryl methyl sites for hydroxylation is 1. The molecule has 22 heavy (non-hydrogen) atoms. The number of phenolic OH excluding ortho intramolecular Hbond substituents is 1. The number of methoxy groups -OCH3 is 2. The number of rotatable bonds is 5. The fourth-order valence-corrected chi connectivity index (χ4v) is 3.95. The van der Waals surface area contributed by atoms with E-state index in [0.717, 1.165) is 37.0 Å². The van der Waals surface area contributed by atoms with Crippen molar-refractivity contribution in [3.8, 4) is 11.5 Å². The first-order valence-electron chi connectivity index (χ1n) is 8.12. The van der Waals surface area contributed by atoms with Gasteiger partial charge < -0.3 is 14.6 Å². The van der Waals surface area contributed by atoms with Crippen LogP contribution in [0.25, 0.3) is 0 Å². The molecule has 1 aromatic rings. The molecule has 1 unspecified atom stereocenters. The van der Waals surface area contributed by atoms with Gasteiger partial charge in [-0.15, -0.1) is 0 Å². The van der Waals surface area contributed by atoms with Crippen LogP contribution in [0.1, 0.15) is 51.2 Å². The Kier molecular flexibility index (Phi) is 5.05. The Bertz CT molecular complexity index is 562. The average molecular weight is 304 g/mol. The van der Waals surface area contributed by atoms with Crippen LogP contribution in [0.2, 0.25) is 0 Å². The third kappa shape index (κ3) is 2.57. The zero-order valence-electron chi connectivity index (χ0n) is 14.4. The standard InChI is InChI=1S/C19H28O3/c1-6-15(21-4)12-19(7-2)13(3)8-9-14-10-11-16(22-5)18(20)17(14)19/h6,10-11,13,20H,7-9,12H2,1-5H3/b15-6+/t13?,19-/m0/s1. The Morgan fingerprint density at radius 2 is 2.14 bits per heavy atom. The smallest absolute Gasteiger partial charge is 0.161 e. The van der Waals surface area contributed by atoms with E-state index in [1.165, 1.54) is 5.56 Å². The summed E-state index contributed by atoms with van der Waals surface area (Å²) >= 11 is 0. The highest BCUT2D eigenvalue weighted by molar-refractivity contribution is 5.55. The summed E-state index contributed by atoms with van der Waals surface area (Å²) < 4.78 is 10.9. The van der Waals surface area contributed by atoms with Crippen LogP contribution in [0.5, 0.6) is 11.5 Å². The van der Waals surface area contributed by atoms with Crippen molar-refractivity contribution in [3.63, 3.8) is 0 Å². The summed E-state index contributed by atoms with van der Waals surface area (Å²) in [6.45, 7) is 6.49. The molecular weight excluding hydrogens is 276 g/mol. The van der Waals surface area contributed by atoms with Gasteiger partial charge in [0.1, 0.15) is 0 Å². The Hall–Kier alpha value is -1.64. The molecule has 1 N–H and O–H groups in total. The number of hydrogen-bond donors (Lipinski definition) is 1. The number of phenols is 1. The lowest BCUT2D eigenvalue weighted by atomic mass is 9.60. The Morgan fingerprint density at radius 1 is 1.41 bits per heavy atom. The van der Waals surface area contributed by atoms with Crippen molar-refractivity contribution in [2.45, 2.75) is 51.9 Å². The summed E-state index contributed by atoms with van der Waals surface area (Å²) in [5.41, 5.74) is 2.19. The van der Waals surface area contributed by atoms with Gasteiger partial charge in [-0.05, 0) is 49.8 Å². The van der Waals surface area contributed by atoms with E-state index in [4.69, 9.17) is 9.47 Å². The summed E-state index contributed by atoms with van der Waals surface area (Å²) in [5.74, 6) is 2.32. The molecule has 0 fully saturated rings. The molecule has 2 rings (SSSR count). The molecule has 0 bridgehead atoms.